The van der Waals surface area contributed by atoms with Crippen LogP contribution in [0.5, 0.6) is 6.01 Å². The summed E-state index contributed by atoms with van der Waals surface area (Å²) in [6.45, 7) is 1.64. The van der Waals surface area contributed by atoms with E-state index >= 15 is 0 Å². The lowest BCUT2D eigenvalue weighted by atomic mass is 10.2. The second kappa shape index (κ2) is 5.77. The molecule has 2 rings (SSSR count). The molecule has 1 aliphatic rings. The topological polar surface area (TPSA) is 64.6 Å². The summed E-state index contributed by atoms with van der Waals surface area (Å²) in [5.74, 6) is -0.486. The maximum Gasteiger partial charge on any atom is 0.356 e. The summed E-state index contributed by atoms with van der Waals surface area (Å²) in [4.78, 5) is 21.5. The Kier molecular flexibility index (Phi) is 4.09. The van der Waals surface area contributed by atoms with Crippen molar-refractivity contribution < 1.29 is 14.3 Å². The van der Waals surface area contributed by atoms with Crippen LogP contribution in [0.25, 0.3) is 0 Å². The van der Waals surface area contributed by atoms with Gasteiger partial charge in [-0.3, -0.25) is 0 Å². The first kappa shape index (κ1) is 12.8. The minimum Gasteiger partial charge on any atom is -0.464 e. The molecule has 1 aromatic heterocycles. The Hall–Kier alpha value is -1.69. The summed E-state index contributed by atoms with van der Waals surface area (Å²) in [5.41, 5.74) is 0.210. The van der Waals surface area contributed by atoms with Crippen LogP contribution in [0.4, 0.5) is 0 Å². The van der Waals surface area contributed by atoms with Crippen LogP contribution >= 0.6 is 0 Å². The van der Waals surface area contributed by atoms with Crippen molar-refractivity contribution in [2.75, 3.05) is 27.3 Å². The average molecular weight is 251 g/mol. The molecule has 0 amide bonds. The summed E-state index contributed by atoms with van der Waals surface area (Å²) in [6.07, 6.45) is 3.80. The van der Waals surface area contributed by atoms with Gasteiger partial charge in [-0.15, -0.1) is 0 Å². The number of carbonyl (C=O) groups is 1. The predicted molar refractivity (Wildman–Crippen MR) is 64.5 cm³/mol. The molecule has 1 fully saturated rings. The highest BCUT2D eigenvalue weighted by Crippen LogP contribution is 2.15. The highest BCUT2D eigenvalue weighted by atomic mass is 16.5. The number of hydrogen-bond acceptors (Lipinski definition) is 6. The molecular weight excluding hydrogens is 234 g/mol. The van der Waals surface area contributed by atoms with E-state index in [9.17, 15) is 4.79 Å². The molecule has 0 aliphatic carbocycles. The number of aromatic nitrogens is 2. The van der Waals surface area contributed by atoms with Crippen LogP contribution in [0, 0.1) is 0 Å². The Bertz CT molecular complexity index is 425. The summed E-state index contributed by atoms with van der Waals surface area (Å²) < 4.78 is 10.1. The molecule has 98 valence electrons. The van der Waals surface area contributed by atoms with Gasteiger partial charge in [-0.05, 0) is 32.5 Å². The van der Waals surface area contributed by atoms with Crippen LogP contribution in [-0.2, 0) is 4.74 Å². The highest BCUT2D eigenvalue weighted by Gasteiger charge is 2.21. The van der Waals surface area contributed by atoms with Crippen molar-refractivity contribution in [1.29, 1.82) is 0 Å². The molecule has 6 heteroatoms. The van der Waals surface area contributed by atoms with Crippen molar-refractivity contribution in [3.05, 3.63) is 18.0 Å². The van der Waals surface area contributed by atoms with Gasteiger partial charge in [0.1, 0.15) is 6.61 Å². The van der Waals surface area contributed by atoms with Gasteiger partial charge in [0.05, 0.1) is 7.11 Å². The number of likely N-dealkylation sites (N-methyl/N-ethyl adjacent to an activating group) is 1. The lowest BCUT2D eigenvalue weighted by Crippen LogP contribution is -2.31. The van der Waals surface area contributed by atoms with E-state index in [4.69, 9.17) is 4.74 Å². The van der Waals surface area contributed by atoms with Crippen molar-refractivity contribution >= 4 is 5.97 Å². The van der Waals surface area contributed by atoms with E-state index < -0.39 is 5.97 Å². The fraction of sp³-hybridized carbons (Fsp3) is 0.583. The zero-order valence-electron chi connectivity index (χ0n) is 10.6. The first-order valence-corrected chi connectivity index (χ1v) is 5.95. The summed E-state index contributed by atoms with van der Waals surface area (Å²) >= 11 is 0. The quantitative estimate of drug-likeness (QED) is 0.735. The van der Waals surface area contributed by atoms with Crippen molar-refractivity contribution in [3.63, 3.8) is 0 Å². The molecule has 0 unspecified atom stereocenters. The Labute approximate surface area is 106 Å². The molecule has 18 heavy (non-hydrogen) atoms. The Morgan fingerprint density at radius 1 is 1.61 bits per heavy atom. The van der Waals surface area contributed by atoms with Crippen LogP contribution in [0.1, 0.15) is 23.3 Å². The zero-order chi connectivity index (χ0) is 13.0. The molecule has 1 aliphatic heterocycles. The number of esters is 1. The number of ether oxygens (including phenoxy) is 2. The van der Waals surface area contributed by atoms with E-state index in [1.54, 1.807) is 0 Å². The molecule has 1 atom stereocenters. The zero-order valence-corrected chi connectivity index (χ0v) is 10.6. The maximum atomic E-state index is 11.3. The van der Waals surface area contributed by atoms with Crippen molar-refractivity contribution in [1.82, 2.24) is 14.9 Å². The maximum absolute atomic E-state index is 11.3. The largest absolute Gasteiger partial charge is 0.464 e. The van der Waals surface area contributed by atoms with Crippen LogP contribution in [0.15, 0.2) is 12.3 Å². The van der Waals surface area contributed by atoms with E-state index in [2.05, 4.69) is 26.7 Å². The number of nitrogens with zero attached hydrogens (tertiary/aromatic N) is 3. The Morgan fingerprint density at radius 3 is 3.11 bits per heavy atom. The molecule has 0 N–H and O–H groups in total. The van der Waals surface area contributed by atoms with Crippen molar-refractivity contribution in [2.24, 2.45) is 0 Å². The van der Waals surface area contributed by atoms with Gasteiger partial charge in [0, 0.05) is 12.2 Å². The second-order valence-corrected chi connectivity index (χ2v) is 4.30. The minimum absolute atomic E-state index is 0.210. The molecule has 0 bridgehead atoms. The van der Waals surface area contributed by atoms with E-state index in [0.717, 1.165) is 13.0 Å². The molecule has 0 radical (unpaired) electrons. The van der Waals surface area contributed by atoms with Crippen LogP contribution in [0.2, 0.25) is 0 Å². The number of rotatable bonds is 4. The molecule has 0 spiro atoms. The third-order valence-electron chi connectivity index (χ3n) is 3.10. The molecule has 6 nitrogen and oxygen atoms in total. The Morgan fingerprint density at radius 2 is 2.44 bits per heavy atom. The first-order chi connectivity index (χ1) is 8.70. The smallest absolute Gasteiger partial charge is 0.356 e. The normalized spacial score (nSPS) is 19.8. The predicted octanol–water partition coefficient (Wildman–Crippen LogP) is 0.736. The Balaban J connectivity index is 1.95. The first-order valence-electron chi connectivity index (χ1n) is 5.95. The number of methoxy groups -OCH3 is 1. The van der Waals surface area contributed by atoms with E-state index in [1.165, 1.54) is 25.8 Å². The van der Waals surface area contributed by atoms with Crippen LogP contribution < -0.4 is 4.74 Å². The minimum atomic E-state index is -0.486. The molecule has 0 saturated carbocycles. The van der Waals surface area contributed by atoms with Gasteiger partial charge in [0.15, 0.2) is 5.69 Å². The lowest BCUT2D eigenvalue weighted by molar-refractivity contribution is 0.0592. The molecule has 1 aromatic rings. The molecule has 1 saturated heterocycles. The third kappa shape index (κ3) is 2.95. The van der Waals surface area contributed by atoms with Crippen molar-refractivity contribution in [2.45, 2.75) is 18.9 Å². The molecule has 2 heterocycles. The van der Waals surface area contributed by atoms with Gasteiger partial charge in [-0.2, -0.15) is 4.98 Å². The van der Waals surface area contributed by atoms with Crippen LogP contribution in [0.3, 0.4) is 0 Å². The summed E-state index contributed by atoms with van der Waals surface area (Å²) in [5, 5.41) is 0. The van der Waals surface area contributed by atoms with E-state index in [0.29, 0.717) is 12.6 Å². The van der Waals surface area contributed by atoms with Gasteiger partial charge in [0.25, 0.3) is 0 Å². The summed E-state index contributed by atoms with van der Waals surface area (Å²) in [7, 11) is 3.39. The van der Waals surface area contributed by atoms with Gasteiger partial charge >= 0.3 is 12.0 Å². The fourth-order valence-corrected chi connectivity index (χ4v) is 1.99. The van der Waals surface area contributed by atoms with Gasteiger partial charge in [-0.1, -0.05) is 0 Å². The third-order valence-corrected chi connectivity index (χ3v) is 3.10. The van der Waals surface area contributed by atoms with Gasteiger partial charge in [-0.25, -0.2) is 9.78 Å². The number of likely N-dealkylation sites (tertiary alicyclic amines) is 1. The SMILES string of the molecule is COC(=O)c1ccnc(OC[C@@H]2CCCN2C)n1. The summed E-state index contributed by atoms with van der Waals surface area (Å²) in [6, 6.07) is 2.12. The number of carbonyl (C=O) groups excluding carboxylic acids is 1. The monoisotopic (exact) mass is 251 g/mol. The average Bonchev–Trinajstić information content (AvgIpc) is 2.81. The molecule has 0 aromatic carbocycles. The lowest BCUT2D eigenvalue weighted by Gasteiger charge is -2.18. The van der Waals surface area contributed by atoms with Crippen molar-refractivity contribution in [3.8, 4) is 6.01 Å². The van der Waals surface area contributed by atoms with Gasteiger partial charge in [0.2, 0.25) is 0 Å². The van der Waals surface area contributed by atoms with Gasteiger partial charge < -0.3 is 14.4 Å². The fourth-order valence-electron chi connectivity index (χ4n) is 1.99. The van der Waals surface area contributed by atoms with E-state index in [-0.39, 0.29) is 11.7 Å². The van der Waals surface area contributed by atoms with E-state index in [1.807, 2.05) is 0 Å². The molecular formula is C12H17N3O3. The second-order valence-electron chi connectivity index (χ2n) is 4.30. The highest BCUT2D eigenvalue weighted by molar-refractivity contribution is 5.86. The standard InChI is InChI=1S/C12H17N3O3/c1-15-7-3-4-9(15)8-18-12-13-6-5-10(14-12)11(16)17-2/h5-6,9H,3-4,7-8H2,1-2H3/t9-/m0/s1. The number of hydrogen-bond donors (Lipinski definition) is 0. The van der Waals surface area contributed by atoms with Crippen LogP contribution in [-0.4, -0.2) is 54.2 Å².